The van der Waals surface area contributed by atoms with E-state index in [1.54, 1.807) is 12.5 Å². The zero-order valence-corrected chi connectivity index (χ0v) is 15.6. The Morgan fingerprint density at radius 1 is 1.28 bits per heavy atom. The summed E-state index contributed by atoms with van der Waals surface area (Å²) in [5, 5.41) is 10.1. The molecule has 2 unspecified atom stereocenters. The molecule has 2 aromatic heterocycles. The van der Waals surface area contributed by atoms with Gasteiger partial charge < -0.3 is 4.98 Å². The summed E-state index contributed by atoms with van der Waals surface area (Å²) < 4.78 is 0. The molecule has 6 heteroatoms. The molecule has 0 radical (unpaired) electrons. The zero-order valence-electron chi connectivity index (χ0n) is 14.0. The summed E-state index contributed by atoms with van der Waals surface area (Å²) in [5.41, 5.74) is 4.08. The predicted octanol–water partition coefficient (Wildman–Crippen LogP) is 5.42. The van der Waals surface area contributed by atoms with Crippen LogP contribution >= 0.6 is 23.2 Å². The van der Waals surface area contributed by atoms with Crippen LogP contribution in [0.15, 0.2) is 30.7 Å². The predicted molar refractivity (Wildman–Crippen MR) is 101 cm³/mol. The normalized spacial score (nSPS) is 16.9. The summed E-state index contributed by atoms with van der Waals surface area (Å²) in [6.07, 6.45) is 7.93. The number of H-pyrrole nitrogens is 1. The molecule has 0 aliphatic heterocycles. The molecular formula is C19H20Cl2N4. The molecule has 1 aliphatic rings. The number of hydrogen-bond acceptors (Lipinski definition) is 3. The average molecular weight is 375 g/mol. The van der Waals surface area contributed by atoms with Crippen LogP contribution in [0.2, 0.25) is 10.0 Å². The fourth-order valence-corrected chi connectivity index (χ4v) is 4.29. The highest BCUT2D eigenvalue weighted by molar-refractivity contribution is 6.35. The van der Waals surface area contributed by atoms with Gasteiger partial charge in [-0.2, -0.15) is 10.2 Å². The number of benzene rings is 1. The second-order valence-corrected chi connectivity index (χ2v) is 7.71. The van der Waals surface area contributed by atoms with Gasteiger partial charge >= 0.3 is 0 Å². The quantitative estimate of drug-likeness (QED) is 0.626. The van der Waals surface area contributed by atoms with Gasteiger partial charge in [0.15, 0.2) is 0 Å². The molecule has 0 bridgehead atoms. The number of aromatic amines is 1. The van der Waals surface area contributed by atoms with Crippen molar-refractivity contribution in [2.45, 2.75) is 38.5 Å². The number of halogens is 2. The number of hydrogen-bond donors (Lipinski definition) is 1. The van der Waals surface area contributed by atoms with E-state index in [0.717, 1.165) is 40.2 Å². The van der Waals surface area contributed by atoms with Crippen molar-refractivity contribution in [1.82, 2.24) is 20.2 Å². The Hall–Kier alpha value is -1.65. The lowest BCUT2D eigenvalue weighted by Gasteiger charge is -2.26. The van der Waals surface area contributed by atoms with Gasteiger partial charge in [-0.05, 0) is 48.8 Å². The van der Waals surface area contributed by atoms with Gasteiger partial charge in [0, 0.05) is 16.0 Å². The van der Waals surface area contributed by atoms with Crippen LogP contribution in [0.25, 0.3) is 11.0 Å². The zero-order chi connectivity index (χ0) is 17.4. The number of aromatic nitrogens is 4. The Morgan fingerprint density at radius 3 is 2.84 bits per heavy atom. The van der Waals surface area contributed by atoms with Crippen LogP contribution in [0.5, 0.6) is 0 Å². The molecule has 0 spiro atoms. The Kier molecular flexibility index (Phi) is 4.65. The topological polar surface area (TPSA) is 54.5 Å². The summed E-state index contributed by atoms with van der Waals surface area (Å²) in [7, 11) is 0. The van der Waals surface area contributed by atoms with Gasteiger partial charge in [-0.15, -0.1) is 0 Å². The second-order valence-electron chi connectivity index (χ2n) is 6.87. The number of nitrogens with zero attached hydrogens (tertiary/aromatic N) is 3. The molecule has 1 aromatic carbocycles. The van der Waals surface area contributed by atoms with Crippen molar-refractivity contribution in [2.24, 2.45) is 11.8 Å². The molecule has 2 atom stereocenters. The lowest BCUT2D eigenvalue weighted by Crippen LogP contribution is -2.19. The molecule has 1 saturated carbocycles. The van der Waals surface area contributed by atoms with Crippen molar-refractivity contribution >= 4 is 34.2 Å². The Bertz CT molecular complexity index is 888. The molecule has 1 aliphatic carbocycles. The minimum absolute atomic E-state index is 0.358. The average Bonchev–Trinajstić information content (AvgIpc) is 3.31. The van der Waals surface area contributed by atoms with Gasteiger partial charge in [-0.3, -0.25) is 0 Å². The molecule has 1 fully saturated rings. The monoisotopic (exact) mass is 374 g/mol. The first-order valence-corrected chi connectivity index (χ1v) is 9.51. The lowest BCUT2D eigenvalue weighted by atomic mass is 9.79. The third kappa shape index (κ3) is 3.38. The summed E-state index contributed by atoms with van der Waals surface area (Å²) in [6.45, 7) is 2.24. The molecule has 25 heavy (non-hydrogen) atoms. The van der Waals surface area contributed by atoms with E-state index < -0.39 is 0 Å². The largest absolute Gasteiger partial charge is 0.343 e. The molecule has 0 saturated heterocycles. The first kappa shape index (κ1) is 16.8. The summed E-state index contributed by atoms with van der Waals surface area (Å²) >= 11 is 12.5. The van der Waals surface area contributed by atoms with Crippen LogP contribution in [0.1, 0.15) is 43.4 Å². The van der Waals surface area contributed by atoms with Gasteiger partial charge in [-0.1, -0.05) is 42.6 Å². The fourth-order valence-electron chi connectivity index (χ4n) is 3.81. The van der Waals surface area contributed by atoms with Gasteiger partial charge in [0.05, 0.1) is 23.7 Å². The number of fused-ring (bicyclic) bond motifs is 1. The van der Waals surface area contributed by atoms with Crippen LogP contribution in [0, 0.1) is 11.8 Å². The summed E-state index contributed by atoms with van der Waals surface area (Å²) in [6, 6.07) is 5.78. The van der Waals surface area contributed by atoms with Crippen molar-refractivity contribution in [1.29, 1.82) is 0 Å². The van der Waals surface area contributed by atoms with Crippen molar-refractivity contribution in [3.05, 3.63) is 52.0 Å². The van der Waals surface area contributed by atoms with Crippen LogP contribution in [-0.2, 0) is 6.42 Å². The molecular weight excluding hydrogens is 355 g/mol. The highest BCUT2D eigenvalue weighted by atomic mass is 35.5. The number of imidazole rings is 1. The maximum Gasteiger partial charge on any atom is 0.114 e. The van der Waals surface area contributed by atoms with E-state index in [1.165, 1.54) is 12.8 Å². The Labute approximate surface area is 157 Å². The van der Waals surface area contributed by atoms with Gasteiger partial charge in [-0.25, -0.2) is 4.98 Å². The fraction of sp³-hybridized carbons (Fsp3) is 0.421. The van der Waals surface area contributed by atoms with E-state index in [4.69, 9.17) is 23.2 Å². The van der Waals surface area contributed by atoms with E-state index in [1.807, 2.05) is 18.2 Å². The van der Waals surface area contributed by atoms with Gasteiger partial charge in [0.1, 0.15) is 5.52 Å². The van der Waals surface area contributed by atoms with E-state index in [-0.39, 0.29) is 0 Å². The van der Waals surface area contributed by atoms with Gasteiger partial charge in [0.25, 0.3) is 0 Å². The summed E-state index contributed by atoms with van der Waals surface area (Å²) in [4.78, 5) is 7.65. The van der Waals surface area contributed by atoms with Crippen molar-refractivity contribution in [3.8, 4) is 0 Å². The molecule has 4 nitrogen and oxygen atoms in total. The Balaban J connectivity index is 1.70. The highest BCUT2D eigenvalue weighted by Crippen LogP contribution is 2.49. The van der Waals surface area contributed by atoms with Gasteiger partial charge in [0.2, 0.25) is 0 Å². The van der Waals surface area contributed by atoms with Crippen LogP contribution in [-0.4, -0.2) is 20.2 Å². The smallest absolute Gasteiger partial charge is 0.114 e. The molecule has 2 heterocycles. The number of rotatable bonds is 6. The summed E-state index contributed by atoms with van der Waals surface area (Å²) in [5.74, 6) is 1.46. The molecule has 4 rings (SSSR count). The second kappa shape index (κ2) is 6.93. The van der Waals surface area contributed by atoms with Crippen LogP contribution in [0.4, 0.5) is 0 Å². The van der Waals surface area contributed by atoms with Crippen molar-refractivity contribution in [2.75, 3.05) is 0 Å². The van der Waals surface area contributed by atoms with Crippen molar-refractivity contribution in [3.63, 3.8) is 0 Å². The van der Waals surface area contributed by atoms with Crippen molar-refractivity contribution < 1.29 is 0 Å². The molecule has 3 aromatic rings. The third-order valence-corrected chi connectivity index (χ3v) is 5.83. The molecule has 0 amide bonds. The van der Waals surface area contributed by atoms with E-state index in [9.17, 15) is 0 Å². The maximum atomic E-state index is 6.42. The van der Waals surface area contributed by atoms with E-state index >= 15 is 0 Å². The first-order valence-electron chi connectivity index (χ1n) is 8.76. The standard InChI is InChI=1S/C19H20Cl2N4/c1-2-11(7-13-5-6-14(20)8-15(13)21)17(12-3-4-12)19-18-16(9-24-25-19)22-10-23-18/h5-6,8-12,17H,2-4,7H2,1H3,(H,22,23). The first-order chi connectivity index (χ1) is 12.2. The van der Waals surface area contributed by atoms with Crippen LogP contribution < -0.4 is 0 Å². The highest BCUT2D eigenvalue weighted by Gasteiger charge is 2.39. The van der Waals surface area contributed by atoms with Crippen LogP contribution in [0.3, 0.4) is 0 Å². The van der Waals surface area contributed by atoms with E-state index in [0.29, 0.717) is 22.8 Å². The van der Waals surface area contributed by atoms with E-state index in [2.05, 4.69) is 27.1 Å². The molecule has 1 N–H and O–H groups in total. The lowest BCUT2D eigenvalue weighted by molar-refractivity contribution is 0.366. The third-order valence-electron chi connectivity index (χ3n) is 5.24. The SMILES string of the molecule is CCC(Cc1ccc(Cl)cc1Cl)C(c1nncc2[nH]cnc12)C1CC1. The Morgan fingerprint density at radius 2 is 2.12 bits per heavy atom. The number of nitrogens with one attached hydrogen (secondary N) is 1. The minimum atomic E-state index is 0.358. The molecule has 130 valence electrons. The minimum Gasteiger partial charge on any atom is -0.343 e. The maximum absolute atomic E-state index is 6.42.